The molecule has 3 rings (SSSR count). The predicted molar refractivity (Wildman–Crippen MR) is 134 cm³/mol. The Balaban J connectivity index is 1.52. The highest BCUT2D eigenvalue weighted by Crippen LogP contribution is 2.22. The highest BCUT2D eigenvalue weighted by molar-refractivity contribution is 5.98. The summed E-state index contributed by atoms with van der Waals surface area (Å²) in [6.07, 6.45) is 0. The van der Waals surface area contributed by atoms with Crippen LogP contribution in [0.2, 0.25) is 0 Å². The van der Waals surface area contributed by atoms with E-state index < -0.39 is 17.9 Å². The summed E-state index contributed by atoms with van der Waals surface area (Å²) in [4.78, 5) is 36.0. The Bertz CT molecular complexity index is 1160. The normalized spacial score (nSPS) is 11.4. The van der Waals surface area contributed by atoms with Crippen molar-refractivity contribution in [2.45, 2.75) is 19.5 Å². The summed E-state index contributed by atoms with van der Waals surface area (Å²) in [6, 6.07) is 21.3. The molecule has 0 saturated carbocycles. The number of benzene rings is 3. The minimum Gasteiger partial charge on any atom is -0.339 e. The Morgan fingerprint density at radius 2 is 1.60 bits per heavy atom. The van der Waals surface area contributed by atoms with Crippen molar-refractivity contribution in [1.29, 1.82) is 0 Å². The number of rotatable bonds is 10. The van der Waals surface area contributed by atoms with Crippen molar-refractivity contribution in [3.05, 3.63) is 89.5 Å². The quantitative estimate of drug-likeness (QED) is 0.195. The molecule has 3 amide bonds. The number of hydrogen-bond acceptors (Lipinski definition) is 6. The zero-order valence-corrected chi connectivity index (χ0v) is 19.4. The maximum absolute atomic E-state index is 12.3. The van der Waals surface area contributed by atoms with Gasteiger partial charge in [0.1, 0.15) is 6.04 Å². The third-order valence-corrected chi connectivity index (χ3v) is 5.31. The van der Waals surface area contributed by atoms with E-state index in [1.54, 1.807) is 24.3 Å². The number of nitrogens with one attached hydrogen (secondary N) is 4. The fourth-order valence-electron chi connectivity index (χ4n) is 3.46. The molecule has 0 unspecified atom stereocenters. The van der Waals surface area contributed by atoms with E-state index in [0.29, 0.717) is 17.8 Å². The van der Waals surface area contributed by atoms with Gasteiger partial charge in [-0.1, -0.05) is 54.1 Å². The SMILES string of the molecule is Cc1cccc(CNCC(=O)Nc2ccc(-c3ccc(C(=O)N[C@@H](CN)C(=O)NO)cc3)cc2)c1. The van der Waals surface area contributed by atoms with E-state index >= 15 is 0 Å². The maximum atomic E-state index is 12.3. The second-order valence-electron chi connectivity index (χ2n) is 8.03. The molecule has 0 aliphatic heterocycles. The minimum atomic E-state index is -1.03. The van der Waals surface area contributed by atoms with Gasteiger partial charge in [0, 0.05) is 24.3 Å². The molecule has 182 valence electrons. The van der Waals surface area contributed by atoms with Crippen LogP contribution in [0.25, 0.3) is 11.1 Å². The topological polar surface area (TPSA) is 146 Å². The molecule has 0 heterocycles. The van der Waals surface area contributed by atoms with Crippen LogP contribution in [0.15, 0.2) is 72.8 Å². The summed E-state index contributed by atoms with van der Waals surface area (Å²) in [5, 5.41) is 17.2. The number of aryl methyl sites for hydroxylation is 1. The van der Waals surface area contributed by atoms with Gasteiger partial charge < -0.3 is 21.7 Å². The van der Waals surface area contributed by atoms with Crippen LogP contribution in [-0.2, 0) is 16.1 Å². The Labute approximate surface area is 203 Å². The minimum absolute atomic E-state index is 0.133. The van der Waals surface area contributed by atoms with Crippen LogP contribution in [0.4, 0.5) is 5.69 Å². The summed E-state index contributed by atoms with van der Waals surface area (Å²) in [5.41, 5.74) is 12.1. The van der Waals surface area contributed by atoms with Gasteiger partial charge in [-0.2, -0.15) is 0 Å². The Kier molecular flexibility index (Phi) is 9.08. The zero-order valence-electron chi connectivity index (χ0n) is 19.4. The van der Waals surface area contributed by atoms with Crippen LogP contribution in [-0.4, -0.2) is 42.1 Å². The van der Waals surface area contributed by atoms with Crippen molar-refractivity contribution in [3.8, 4) is 11.1 Å². The molecular weight excluding hydrogens is 446 g/mol. The first-order chi connectivity index (χ1) is 16.9. The van der Waals surface area contributed by atoms with Crippen LogP contribution < -0.4 is 27.2 Å². The molecule has 0 bridgehead atoms. The van der Waals surface area contributed by atoms with Gasteiger partial charge in [-0.3, -0.25) is 19.6 Å². The lowest BCUT2D eigenvalue weighted by Crippen LogP contribution is -2.50. The van der Waals surface area contributed by atoms with Gasteiger partial charge in [-0.05, 0) is 47.9 Å². The number of anilines is 1. The van der Waals surface area contributed by atoms with Crippen molar-refractivity contribution in [2.24, 2.45) is 5.73 Å². The van der Waals surface area contributed by atoms with Crippen LogP contribution in [0.3, 0.4) is 0 Å². The maximum Gasteiger partial charge on any atom is 0.267 e. The summed E-state index contributed by atoms with van der Waals surface area (Å²) in [6.45, 7) is 2.69. The molecule has 0 radical (unpaired) electrons. The lowest BCUT2D eigenvalue weighted by atomic mass is 10.0. The Morgan fingerprint density at radius 1 is 0.943 bits per heavy atom. The van der Waals surface area contributed by atoms with E-state index in [4.69, 9.17) is 10.9 Å². The molecule has 1 atom stereocenters. The van der Waals surface area contributed by atoms with Gasteiger partial charge in [0.15, 0.2) is 0 Å². The molecule has 9 nitrogen and oxygen atoms in total. The number of carbonyl (C=O) groups is 3. The molecular formula is C26H29N5O4. The fourth-order valence-corrected chi connectivity index (χ4v) is 3.46. The number of amides is 3. The first kappa shape index (κ1) is 25.6. The largest absolute Gasteiger partial charge is 0.339 e. The van der Waals surface area contributed by atoms with Crippen molar-refractivity contribution in [1.82, 2.24) is 16.1 Å². The summed E-state index contributed by atoms with van der Waals surface area (Å²) < 4.78 is 0. The highest BCUT2D eigenvalue weighted by Gasteiger charge is 2.19. The molecule has 0 aliphatic carbocycles. The fraction of sp³-hybridized carbons (Fsp3) is 0.192. The average Bonchev–Trinajstić information content (AvgIpc) is 2.87. The van der Waals surface area contributed by atoms with Crippen molar-refractivity contribution in [2.75, 3.05) is 18.4 Å². The molecule has 9 heteroatoms. The molecule has 0 spiro atoms. The third kappa shape index (κ3) is 7.47. The van der Waals surface area contributed by atoms with E-state index in [-0.39, 0.29) is 19.0 Å². The summed E-state index contributed by atoms with van der Waals surface area (Å²) in [7, 11) is 0. The van der Waals surface area contributed by atoms with E-state index in [9.17, 15) is 14.4 Å². The van der Waals surface area contributed by atoms with E-state index in [1.165, 1.54) is 11.0 Å². The van der Waals surface area contributed by atoms with Crippen LogP contribution >= 0.6 is 0 Å². The lowest BCUT2D eigenvalue weighted by molar-refractivity contribution is -0.130. The molecule has 35 heavy (non-hydrogen) atoms. The van der Waals surface area contributed by atoms with Crippen molar-refractivity contribution >= 4 is 23.4 Å². The molecule has 7 N–H and O–H groups in total. The van der Waals surface area contributed by atoms with Gasteiger partial charge >= 0.3 is 0 Å². The summed E-state index contributed by atoms with van der Waals surface area (Å²) in [5.74, 6) is -1.40. The number of hydrogen-bond donors (Lipinski definition) is 6. The third-order valence-electron chi connectivity index (χ3n) is 5.31. The highest BCUT2D eigenvalue weighted by atomic mass is 16.5. The first-order valence-corrected chi connectivity index (χ1v) is 11.1. The van der Waals surface area contributed by atoms with Gasteiger partial charge in [-0.25, -0.2) is 5.48 Å². The molecule has 0 aromatic heterocycles. The molecule has 0 aliphatic rings. The monoisotopic (exact) mass is 475 g/mol. The number of carbonyl (C=O) groups excluding carboxylic acids is 3. The Morgan fingerprint density at radius 3 is 2.20 bits per heavy atom. The molecule has 3 aromatic rings. The molecule has 3 aromatic carbocycles. The zero-order chi connectivity index (χ0) is 25.2. The van der Waals surface area contributed by atoms with Crippen LogP contribution in [0.1, 0.15) is 21.5 Å². The lowest BCUT2D eigenvalue weighted by Gasteiger charge is -2.14. The van der Waals surface area contributed by atoms with E-state index in [2.05, 4.69) is 22.0 Å². The first-order valence-electron chi connectivity index (χ1n) is 11.1. The second kappa shape index (κ2) is 12.4. The molecule has 0 saturated heterocycles. The van der Waals surface area contributed by atoms with Gasteiger partial charge in [0.05, 0.1) is 6.54 Å². The smallest absolute Gasteiger partial charge is 0.267 e. The van der Waals surface area contributed by atoms with Gasteiger partial charge in [0.25, 0.3) is 11.8 Å². The predicted octanol–water partition coefficient (Wildman–Crippen LogP) is 1.95. The molecule has 0 fully saturated rings. The Hall–Kier alpha value is -4.05. The van der Waals surface area contributed by atoms with Crippen molar-refractivity contribution in [3.63, 3.8) is 0 Å². The standard InChI is InChI=1S/C26H29N5O4/c1-17-3-2-4-18(13-17)15-28-16-24(32)29-22-11-9-20(10-12-22)19-5-7-21(8-6-19)25(33)30-23(14-27)26(34)31-35/h2-13,23,28,35H,14-16,27H2,1H3,(H,29,32)(H,30,33)(H,31,34)/t23-/m0/s1. The van der Waals surface area contributed by atoms with Crippen LogP contribution in [0.5, 0.6) is 0 Å². The number of nitrogens with two attached hydrogens (primary N) is 1. The van der Waals surface area contributed by atoms with Crippen molar-refractivity contribution < 1.29 is 19.6 Å². The number of hydroxylamine groups is 1. The summed E-state index contributed by atoms with van der Waals surface area (Å²) >= 11 is 0. The van der Waals surface area contributed by atoms with E-state index in [1.807, 2.05) is 49.4 Å². The van der Waals surface area contributed by atoms with Gasteiger partial charge in [0.2, 0.25) is 5.91 Å². The van der Waals surface area contributed by atoms with Gasteiger partial charge in [-0.15, -0.1) is 0 Å². The van der Waals surface area contributed by atoms with Crippen LogP contribution in [0, 0.1) is 6.92 Å². The average molecular weight is 476 g/mol. The van der Waals surface area contributed by atoms with E-state index in [0.717, 1.165) is 16.7 Å². The second-order valence-corrected chi connectivity index (χ2v) is 8.03.